The average molecular weight is 248 g/mol. The molecule has 0 heterocycles. The van der Waals surface area contributed by atoms with E-state index in [0.29, 0.717) is 12.2 Å². The summed E-state index contributed by atoms with van der Waals surface area (Å²) in [4.78, 5) is 22.7. The predicted molar refractivity (Wildman–Crippen MR) is 67.1 cm³/mol. The predicted octanol–water partition coefficient (Wildman–Crippen LogP) is 2.35. The van der Waals surface area contributed by atoms with Crippen molar-refractivity contribution in [2.24, 2.45) is 0 Å². The third-order valence-electron chi connectivity index (χ3n) is 2.09. The summed E-state index contributed by atoms with van der Waals surface area (Å²) in [6.45, 7) is 3.72. The first-order chi connectivity index (χ1) is 8.63. The number of ether oxygens (including phenoxy) is 2. The lowest BCUT2D eigenvalue weighted by Crippen LogP contribution is -2.13. The molecule has 1 aromatic carbocycles. The molecular weight excluding hydrogens is 232 g/mol. The molecule has 0 N–H and O–H groups in total. The first-order valence-electron chi connectivity index (χ1n) is 5.74. The summed E-state index contributed by atoms with van der Waals surface area (Å²) in [5.74, 6) is -0.864. The second-order valence-corrected chi connectivity index (χ2v) is 3.59. The van der Waals surface area contributed by atoms with Gasteiger partial charge in [-0.15, -0.1) is 0 Å². The molecule has 0 aliphatic carbocycles. The number of esters is 2. The Labute approximate surface area is 106 Å². The minimum Gasteiger partial charge on any atom is -0.463 e. The van der Waals surface area contributed by atoms with Gasteiger partial charge in [-0.2, -0.15) is 0 Å². The topological polar surface area (TPSA) is 52.6 Å². The van der Waals surface area contributed by atoms with Gasteiger partial charge in [0.1, 0.15) is 6.10 Å². The molecule has 4 heteroatoms. The fourth-order valence-electron chi connectivity index (χ4n) is 1.25. The monoisotopic (exact) mass is 248 g/mol. The van der Waals surface area contributed by atoms with Crippen molar-refractivity contribution in [2.75, 3.05) is 6.61 Å². The lowest BCUT2D eigenvalue weighted by atomic mass is 10.2. The fourth-order valence-corrected chi connectivity index (χ4v) is 1.25. The Hall–Kier alpha value is -2.10. The molecular formula is C14H16O4. The number of hydrogen-bond donors (Lipinski definition) is 0. The molecule has 0 aromatic heterocycles. The molecule has 0 spiro atoms. The van der Waals surface area contributed by atoms with E-state index in [0.717, 1.165) is 0 Å². The molecule has 4 nitrogen and oxygen atoms in total. The quantitative estimate of drug-likeness (QED) is 0.593. The normalized spacial score (nSPS) is 12.1. The van der Waals surface area contributed by atoms with E-state index >= 15 is 0 Å². The molecule has 0 amide bonds. The van der Waals surface area contributed by atoms with Gasteiger partial charge in [0.25, 0.3) is 0 Å². The highest BCUT2D eigenvalue weighted by atomic mass is 16.5. The highest BCUT2D eigenvalue weighted by Crippen LogP contribution is 2.04. The molecule has 1 atom stereocenters. The van der Waals surface area contributed by atoms with Crippen LogP contribution in [0.5, 0.6) is 0 Å². The molecule has 0 fully saturated rings. The zero-order valence-electron chi connectivity index (χ0n) is 10.5. The van der Waals surface area contributed by atoms with Crippen LogP contribution in [0.15, 0.2) is 42.5 Å². The Morgan fingerprint density at radius 2 is 1.94 bits per heavy atom. The summed E-state index contributed by atoms with van der Waals surface area (Å²) in [6.07, 6.45) is 2.26. The molecule has 0 radical (unpaired) electrons. The van der Waals surface area contributed by atoms with E-state index in [4.69, 9.17) is 9.47 Å². The van der Waals surface area contributed by atoms with E-state index in [1.807, 2.05) is 6.07 Å². The minimum atomic E-state index is -0.484. The van der Waals surface area contributed by atoms with Gasteiger partial charge < -0.3 is 9.47 Å². The van der Waals surface area contributed by atoms with E-state index < -0.39 is 18.0 Å². The summed E-state index contributed by atoms with van der Waals surface area (Å²) < 4.78 is 9.85. The minimum absolute atomic E-state index is 0.321. The van der Waals surface area contributed by atoms with E-state index in [9.17, 15) is 9.59 Å². The van der Waals surface area contributed by atoms with Crippen molar-refractivity contribution in [3.05, 3.63) is 48.0 Å². The van der Waals surface area contributed by atoms with Gasteiger partial charge in [0.05, 0.1) is 12.2 Å². The molecule has 0 bridgehead atoms. The van der Waals surface area contributed by atoms with Crippen molar-refractivity contribution in [3.63, 3.8) is 0 Å². The van der Waals surface area contributed by atoms with Gasteiger partial charge in [0.15, 0.2) is 0 Å². The Kier molecular flexibility index (Phi) is 5.64. The average Bonchev–Trinajstić information content (AvgIpc) is 2.38. The lowest BCUT2D eigenvalue weighted by Gasteiger charge is -2.08. The Bertz CT molecular complexity index is 423. The molecule has 0 aliphatic heterocycles. The van der Waals surface area contributed by atoms with Crippen molar-refractivity contribution in [2.45, 2.75) is 20.0 Å². The van der Waals surface area contributed by atoms with Crippen LogP contribution in [0.2, 0.25) is 0 Å². The molecule has 1 rings (SSSR count). The van der Waals surface area contributed by atoms with Gasteiger partial charge in [0.2, 0.25) is 0 Å². The summed E-state index contributed by atoms with van der Waals surface area (Å²) in [5.41, 5.74) is 0.480. The number of rotatable bonds is 5. The third-order valence-corrected chi connectivity index (χ3v) is 2.09. The van der Waals surface area contributed by atoms with Crippen LogP contribution in [0.25, 0.3) is 0 Å². The van der Waals surface area contributed by atoms with Gasteiger partial charge in [0, 0.05) is 6.08 Å². The second-order valence-electron chi connectivity index (χ2n) is 3.59. The Morgan fingerprint density at radius 3 is 2.56 bits per heavy atom. The summed E-state index contributed by atoms with van der Waals surface area (Å²) in [6, 6.07) is 8.68. The van der Waals surface area contributed by atoms with Crippen LogP contribution < -0.4 is 0 Å². The molecule has 96 valence electrons. The Balaban J connectivity index is 2.48. The van der Waals surface area contributed by atoms with Gasteiger partial charge in [-0.05, 0) is 32.1 Å². The number of hydrogen-bond acceptors (Lipinski definition) is 4. The highest BCUT2D eigenvalue weighted by Gasteiger charge is 2.09. The molecule has 1 aromatic rings. The van der Waals surface area contributed by atoms with Gasteiger partial charge >= 0.3 is 11.9 Å². The number of carbonyl (C=O) groups excluding carboxylic acids is 2. The standard InChI is InChI=1S/C14H16O4/c1-3-17-13(15)10-9-11(2)18-14(16)12-7-5-4-6-8-12/h4-11H,3H2,1-2H3/b10-9+/t11-/m1/s1. The third kappa shape index (κ3) is 4.82. The first-order valence-corrected chi connectivity index (χ1v) is 5.74. The van der Waals surface area contributed by atoms with Crippen LogP contribution in [0.3, 0.4) is 0 Å². The molecule has 0 saturated heterocycles. The second kappa shape index (κ2) is 7.27. The fraction of sp³-hybridized carbons (Fsp3) is 0.286. The maximum Gasteiger partial charge on any atom is 0.338 e. The van der Waals surface area contributed by atoms with E-state index in [-0.39, 0.29) is 0 Å². The van der Waals surface area contributed by atoms with Gasteiger partial charge in [-0.3, -0.25) is 0 Å². The first kappa shape index (κ1) is 14.0. The van der Waals surface area contributed by atoms with Crippen molar-refractivity contribution in [1.82, 2.24) is 0 Å². The molecule has 0 unspecified atom stereocenters. The van der Waals surface area contributed by atoms with Gasteiger partial charge in [-0.25, -0.2) is 9.59 Å². The van der Waals surface area contributed by atoms with Crippen LogP contribution in [-0.2, 0) is 14.3 Å². The molecule has 0 aliphatic rings. The van der Waals surface area contributed by atoms with E-state index in [1.54, 1.807) is 38.1 Å². The van der Waals surface area contributed by atoms with Crippen molar-refractivity contribution in [1.29, 1.82) is 0 Å². The van der Waals surface area contributed by atoms with Crippen LogP contribution >= 0.6 is 0 Å². The number of carbonyl (C=O) groups is 2. The van der Waals surface area contributed by atoms with Crippen molar-refractivity contribution < 1.29 is 19.1 Å². The largest absolute Gasteiger partial charge is 0.463 e. The summed E-state index contributed by atoms with van der Waals surface area (Å²) >= 11 is 0. The van der Waals surface area contributed by atoms with Crippen LogP contribution in [0.1, 0.15) is 24.2 Å². The summed E-state index contributed by atoms with van der Waals surface area (Å²) in [7, 11) is 0. The molecule has 0 saturated carbocycles. The van der Waals surface area contributed by atoms with Crippen molar-refractivity contribution >= 4 is 11.9 Å². The summed E-state index contributed by atoms with van der Waals surface area (Å²) in [5, 5.41) is 0. The molecule has 18 heavy (non-hydrogen) atoms. The zero-order valence-corrected chi connectivity index (χ0v) is 10.5. The Morgan fingerprint density at radius 1 is 1.28 bits per heavy atom. The number of benzene rings is 1. The SMILES string of the molecule is CCOC(=O)/C=C/[C@@H](C)OC(=O)c1ccccc1. The zero-order chi connectivity index (χ0) is 13.4. The maximum absolute atomic E-state index is 11.7. The smallest absolute Gasteiger partial charge is 0.338 e. The highest BCUT2D eigenvalue weighted by molar-refractivity contribution is 5.89. The van der Waals surface area contributed by atoms with E-state index in [2.05, 4.69) is 0 Å². The van der Waals surface area contributed by atoms with Crippen molar-refractivity contribution in [3.8, 4) is 0 Å². The van der Waals surface area contributed by atoms with Crippen LogP contribution in [0, 0.1) is 0 Å². The van der Waals surface area contributed by atoms with Crippen LogP contribution in [0.4, 0.5) is 0 Å². The van der Waals surface area contributed by atoms with E-state index in [1.165, 1.54) is 12.2 Å². The van der Waals surface area contributed by atoms with Crippen LogP contribution in [-0.4, -0.2) is 24.6 Å². The van der Waals surface area contributed by atoms with Gasteiger partial charge in [-0.1, -0.05) is 18.2 Å². The maximum atomic E-state index is 11.7. The lowest BCUT2D eigenvalue weighted by molar-refractivity contribution is -0.137.